The summed E-state index contributed by atoms with van der Waals surface area (Å²) < 4.78 is 0. The van der Waals surface area contributed by atoms with Crippen molar-refractivity contribution < 1.29 is 19.8 Å². The highest BCUT2D eigenvalue weighted by molar-refractivity contribution is 5.81. The molecule has 2 N–H and O–H groups in total. The zero-order valence-electron chi connectivity index (χ0n) is 10.3. The molecule has 0 aliphatic heterocycles. The Morgan fingerprint density at radius 1 is 1.00 bits per heavy atom. The van der Waals surface area contributed by atoms with Gasteiger partial charge >= 0.3 is 11.9 Å². The predicted molar refractivity (Wildman–Crippen MR) is 66.0 cm³/mol. The molecule has 2 aliphatic rings. The summed E-state index contributed by atoms with van der Waals surface area (Å²) in [5.41, 5.74) is 1.94. The number of allylic oxidation sites excluding steroid dienone is 2. The number of rotatable bonds is 2. The van der Waals surface area contributed by atoms with Gasteiger partial charge in [0.05, 0.1) is 11.8 Å². The van der Waals surface area contributed by atoms with E-state index in [-0.39, 0.29) is 11.8 Å². The van der Waals surface area contributed by atoms with Crippen molar-refractivity contribution in [1.29, 1.82) is 0 Å². The van der Waals surface area contributed by atoms with Crippen molar-refractivity contribution in [2.75, 3.05) is 0 Å². The lowest BCUT2D eigenvalue weighted by Crippen LogP contribution is -2.45. The number of hydrogen-bond donors (Lipinski definition) is 2. The molecule has 4 heteroatoms. The molecule has 0 aromatic heterocycles. The van der Waals surface area contributed by atoms with Gasteiger partial charge < -0.3 is 10.2 Å². The highest BCUT2D eigenvalue weighted by Crippen LogP contribution is 2.50. The molecule has 2 fully saturated rings. The van der Waals surface area contributed by atoms with E-state index in [4.69, 9.17) is 0 Å². The van der Waals surface area contributed by atoms with E-state index in [1.165, 1.54) is 0 Å². The maximum Gasteiger partial charge on any atom is 0.308 e. The monoisotopic (exact) mass is 250 g/mol. The fourth-order valence-electron chi connectivity index (χ4n) is 3.49. The molecule has 2 rings (SSSR count). The number of aliphatic carboxylic acids is 2. The Balaban J connectivity index is 2.37. The topological polar surface area (TPSA) is 74.6 Å². The molecule has 0 heterocycles. The Labute approximate surface area is 106 Å². The first-order valence-corrected chi connectivity index (χ1v) is 6.24. The van der Waals surface area contributed by atoms with Gasteiger partial charge in [-0.05, 0) is 31.6 Å². The molecule has 0 saturated heterocycles. The van der Waals surface area contributed by atoms with Crippen LogP contribution in [0, 0.1) is 23.7 Å². The maximum atomic E-state index is 11.4. The van der Waals surface area contributed by atoms with Gasteiger partial charge in [0.15, 0.2) is 0 Å². The van der Waals surface area contributed by atoms with E-state index in [0.29, 0.717) is 12.8 Å². The van der Waals surface area contributed by atoms with Crippen LogP contribution in [0.25, 0.3) is 0 Å². The lowest BCUT2D eigenvalue weighted by atomic mass is 9.59. The summed E-state index contributed by atoms with van der Waals surface area (Å²) in [7, 11) is 0. The number of carboxylic acids is 2. The first-order valence-electron chi connectivity index (χ1n) is 6.24. The fourth-order valence-corrected chi connectivity index (χ4v) is 3.49. The average molecular weight is 250 g/mol. The van der Waals surface area contributed by atoms with Crippen LogP contribution in [-0.2, 0) is 9.59 Å². The number of carboxylic acid groups (broad SMARTS) is 2. The van der Waals surface area contributed by atoms with Crippen LogP contribution in [0.1, 0.15) is 25.7 Å². The van der Waals surface area contributed by atoms with Crippen molar-refractivity contribution >= 4 is 11.9 Å². The largest absolute Gasteiger partial charge is 0.481 e. The second-order valence-electron chi connectivity index (χ2n) is 5.33. The standard InChI is InChI=1S/C14H18O4/c1-7-3-4-8(2)11-9(7)5-6-10(13(15)16)12(11)14(17)18/h9-12H,1-6H2,(H,15,16)(H,17,18). The quantitative estimate of drug-likeness (QED) is 0.737. The molecule has 18 heavy (non-hydrogen) atoms. The van der Waals surface area contributed by atoms with Crippen LogP contribution in [0.3, 0.4) is 0 Å². The van der Waals surface area contributed by atoms with E-state index in [9.17, 15) is 19.8 Å². The van der Waals surface area contributed by atoms with Crippen LogP contribution in [0.2, 0.25) is 0 Å². The van der Waals surface area contributed by atoms with E-state index in [0.717, 1.165) is 24.0 Å². The minimum atomic E-state index is -1.02. The summed E-state index contributed by atoms with van der Waals surface area (Å²) in [5, 5.41) is 18.6. The summed E-state index contributed by atoms with van der Waals surface area (Å²) in [6.07, 6.45) is 2.71. The zero-order valence-corrected chi connectivity index (χ0v) is 10.3. The van der Waals surface area contributed by atoms with E-state index >= 15 is 0 Å². The Kier molecular flexibility index (Phi) is 3.28. The molecule has 4 nitrogen and oxygen atoms in total. The zero-order chi connectivity index (χ0) is 13.4. The Morgan fingerprint density at radius 2 is 1.61 bits per heavy atom. The van der Waals surface area contributed by atoms with Crippen LogP contribution in [0.15, 0.2) is 24.3 Å². The summed E-state index contributed by atoms with van der Waals surface area (Å²) in [5.74, 6) is -3.84. The van der Waals surface area contributed by atoms with Gasteiger partial charge in [-0.2, -0.15) is 0 Å². The maximum absolute atomic E-state index is 11.4. The third-order valence-corrected chi connectivity index (χ3v) is 4.41. The molecule has 0 spiro atoms. The van der Waals surface area contributed by atoms with Gasteiger partial charge in [0.1, 0.15) is 0 Å². The first kappa shape index (κ1) is 12.9. The molecular formula is C14H18O4. The number of fused-ring (bicyclic) bond motifs is 1. The summed E-state index contributed by atoms with van der Waals surface area (Å²) in [4.78, 5) is 22.7. The second-order valence-corrected chi connectivity index (χ2v) is 5.33. The molecule has 4 unspecified atom stereocenters. The Hall–Kier alpha value is -1.58. The van der Waals surface area contributed by atoms with Crippen molar-refractivity contribution in [3.05, 3.63) is 24.3 Å². The molecule has 0 bridgehead atoms. The van der Waals surface area contributed by atoms with E-state index in [1.807, 2.05) is 0 Å². The molecule has 2 saturated carbocycles. The SMILES string of the molecule is C=C1CCC(=C)C2C1CCC(C(=O)O)C2C(=O)O. The van der Waals surface area contributed by atoms with Crippen molar-refractivity contribution in [3.63, 3.8) is 0 Å². The normalized spacial score (nSPS) is 36.0. The van der Waals surface area contributed by atoms with Crippen LogP contribution in [-0.4, -0.2) is 22.2 Å². The molecule has 0 aromatic carbocycles. The first-order chi connectivity index (χ1) is 8.43. The Bertz CT molecular complexity index is 418. The van der Waals surface area contributed by atoms with E-state index in [1.54, 1.807) is 0 Å². The van der Waals surface area contributed by atoms with Crippen LogP contribution in [0.5, 0.6) is 0 Å². The molecule has 0 radical (unpaired) electrons. The highest BCUT2D eigenvalue weighted by atomic mass is 16.4. The van der Waals surface area contributed by atoms with E-state index < -0.39 is 23.8 Å². The van der Waals surface area contributed by atoms with Gasteiger partial charge in [0, 0.05) is 5.92 Å². The van der Waals surface area contributed by atoms with Crippen LogP contribution >= 0.6 is 0 Å². The predicted octanol–water partition coefficient (Wildman–Crippen LogP) is 2.32. The van der Waals surface area contributed by atoms with Gasteiger partial charge in [0.25, 0.3) is 0 Å². The van der Waals surface area contributed by atoms with Crippen LogP contribution in [0.4, 0.5) is 0 Å². The van der Waals surface area contributed by atoms with Gasteiger partial charge in [0.2, 0.25) is 0 Å². The molecule has 0 aromatic rings. The third-order valence-electron chi connectivity index (χ3n) is 4.41. The lowest BCUT2D eigenvalue weighted by Gasteiger charge is -2.44. The summed E-state index contributed by atoms with van der Waals surface area (Å²) in [6.45, 7) is 7.98. The van der Waals surface area contributed by atoms with E-state index in [2.05, 4.69) is 13.2 Å². The van der Waals surface area contributed by atoms with Crippen molar-refractivity contribution in [2.45, 2.75) is 25.7 Å². The molecule has 98 valence electrons. The number of carbonyl (C=O) groups is 2. The van der Waals surface area contributed by atoms with Crippen molar-refractivity contribution in [3.8, 4) is 0 Å². The van der Waals surface area contributed by atoms with Gasteiger partial charge in [-0.25, -0.2) is 0 Å². The molecular weight excluding hydrogens is 232 g/mol. The third kappa shape index (κ3) is 1.96. The van der Waals surface area contributed by atoms with Gasteiger partial charge in [-0.3, -0.25) is 9.59 Å². The molecule has 0 amide bonds. The average Bonchev–Trinajstić information content (AvgIpc) is 2.32. The minimum absolute atomic E-state index is 0.1000. The van der Waals surface area contributed by atoms with Gasteiger partial charge in [-0.1, -0.05) is 24.3 Å². The minimum Gasteiger partial charge on any atom is -0.481 e. The summed E-state index contributed by atoms with van der Waals surface area (Å²) in [6, 6.07) is 0. The number of hydrogen-bond acceptors (Lipinski definition) is 2. The van der Waals surface area contributed by atoms with Crippen molar-refractivity contribution in [2.24, 2.45) is 23.7 Å². The summed E-state index contributed by atoms with van der Waals surface area (Å²) >= 11 is 0. The Morgan fingerprint density at radius 3 is 2.17 bits per heavy atom. The van der Waals surface area contributed by atoms with Gasteiger partial charge in [-0.15, -0.1) is 0 Å². The smallest absolute Gasteiger partial charge is 0.308 e. The van der Waals surface area contributed by atoms with Crippen LogP contribution < -0.4 is 0 Å². The molecule has 4 atom stereocenters. The lowest BCUT2D eigenvalue weighted by molar-refractivity contribution is -0.159. The van der Waals surface area contributed by atoms with Crippen molar-refractivity contribution in [1.82, 2.24) is 0 Å². The highest BCUT2D eigenvalue weighted by Gasteiger charge is 2.49. The second kappa shape index (κ2) is 4.59. The molecule has 2 aliphatic carbocycles. The fraction of sp³-hybridized carbons (Fsp3) is 0.571.